The number of aryl methyl sites for hydroxylation is 2. The van der Waals surface area contributed by atoms with E-state index in [4.69, 9.17) is 13.9 Å². The Morgan fingerprint density at radius 3 is 2.33 bits per heavy atom. The zero-order valence-corrected chi connectivity index (χ0v) is 33.5. The Labute approximate surface area is 304 Å². The zero-order valence-electron chi connectivity index (χ0n) is 31.7. The van der Waals surface area contributed by atoms with Gasteiger partial charge in [-0.05, 0) is 69.9 Å². The van der Waals surface area contributed by atoms with Gasteiger partial charge in [0.15, 0.2) is 14.0 Å². The van der Waals surface area contributed by atoms with Gasteiger partial charge in [-0.1, -0.05) is 39.0 Å². The van der Waals surface area contributed by atoms with Crippen LogP contribution in [0.15, 0.2) is 58.5 Å². The fourth-order valence-corrected chi connectivity index (χ4v) is 9.57. The van der Waals surface area contributed by atoms with Gasteiger partial charge in [0.2, 0.25) is 5.88 Å². The van der Waals surface area contributed by atoms with Crippen molar-refractivity contribution in [1.82, 2.24) is 33.2 Å². The molecule has 0 saturated heterocycles. The van der Waals surface area contributed by atoms with Crippen molar-refractivity contribution in [3.8, 4) is 17.1 Å². The Hall–Kier alpha value is -4.41. The summed E-state index contributed by atoms with van der Waals surface area (Å²) in [7, 11) is -1.68. The number of nitrogens with zero attached hydrogens (tertiary/aromatic N) is 6. The molecule has 16 heteroatoms. The number of carbonyl (C=O) groups excluding carboxylic acids is 1. The second kappa shape index (κ2) is 12.9. The molecular formula is C36H49N7O7SSi. The van der Waals surface area contributed by atoms with Gasteiger partial charge in [0.05, 0.1) is 52.6 Å². The predicted octanol–water partition coefficient (Wildman–Crippen LogP) is 5.95. The number of aromatic nitrogens is 6. The summed E-state index contributed by atoms with van der Waals surface area (Å²) in [5.74, 6) is 0.231. The van der Waals surface area contributed by atoms with Crippen LogP contribution in [0.3, 0.4) is 0 Å². The molecule has 1 aliphatic rings. The summed E-state index contributed by atoms with van der Waals surface area (Å²) in [6, 6.07) is 8.99. The number of alkyl carbamates (subject to hydrolysis) is 1. The smallest absolute Gasteiger partial charge is 0.407 e. The molecule has 52 heavy (non-hydrogen) atoms. The Morgan fingerprint density at radius 2 is 1.71 bits per heavy atom. The lowest BCUT2D eigenvalue weighted by molar-refractivity contribution is 0.0457. The summed E-state index contributed by atoms with van der Waals surface area (Å²) < 4.78 is 53.1. The normalized spacial score (nSPS) is 18.7. The van der Waals surface area contributed by atoms with Crippen LogP contribution in [0.2, 0.25) is 18.1 Å². The number of amides is 1. The maximum atomic E-state index is 14.5. The molecule has 5 aromatic rings. The van der Waals surface area contributed by atoms with E-state index in [1.54, 1.807) is 53.8 Å². The third kappa shape index (κ3) is 6.55. The molecule has 1 saturated carbocycles. The molecule has 280 valence electrons. The highest BCUT2D eigenvalue weighted by Gasteiger charge is 2.46. The van der Waals surface area contributed by atoms with Crippen molar-refractivity contribution in [3.05, 3.63) is 59.3 Å². The predicted molar refractivity (Wildman–Crippen MR) is 202 cm³/mol. The largest absolute Gasteiger partial charge is 0.479 e. The van der Waals surface area contributed by atoms with E-state index in [1.165, 1.54) is 34.0 Å². The minimum absolute atomic E-state index is 0.0708. The summed E-state index contributed by atoms with van der Waals surface area (Å²) in [4.78, 5) is 32.1. The van der Waals surface area contributed by atoms with Crippen LogP contribution >= 0.6 is 0 Å². The van der Waals surface area contributed by atoms with Gasteiger partial charge < -0.3 is 19.2 Å². The van der Waals surface area contributed by atoms with Gasteiger partial charge in [0.25, 0.3) is 10.0 Å². The van der Waals surface area contributed by atoms with Crippen molar-refractivity contribution in [2.45, 2.75) is 101 Å². The fourth-order valence-electron chi connectivity index (χ4n) is 6.70. The molecule has 0 aliphatic heterocycles. The van der Waals surface area contributed by atoms with Crippen molar-refractivity contribution in [2.24, 2.45) is 14.1 Å². The number of nitrogens with one attached hydrogen (secondary N) is 1. The quantitative estimate of drug-likeness (QED) is 0.190. The van der Waals surface area contributed by atoms with E-state index >= 15 is 0 Å². The molecule has 1 fully saturated rings. The highest BCUT2D eigenvalue weighted by molar-refractivity contribution is 7.90. The molecule has 1 amide bonds. The minimum atomic E-state index is -4.21. The van der Waals surface area contributed by atoms with Gasteiger partial charge in [0, 0.05) is 31.7 Å². The molecule has 6 rings (SSSR count). The summed E-state index contributed by atoms with van der Waals surface area (Å²) in [6.07, 6.45) is 3.07. The number of ether oxygens (including phenoxy) is 2. The molecule has 4 heterocycles. The molecule has 0 bridgehead atoms. The van der Waals surface area contributed by atoms with Crippen LogP contribution in [0.25, 0.3) is 33.3 Å². The van der Waals surface area contributed by atoms with Crippen molar-refractivity contribution in [1.29, 1.82) is 0 Å². The molecule has 14 nitrogen and oxygen atoms in total. The molecule has 1 aromatic carbocycles. The van der Waals surface area contributed by atoms with Gasteiger partial charge in [-0.2, -0.15) is 0 Å². The zero-order chi connectivity index (χ0) is 38.1. The lowest BCUT2D eigenvalue weighted by Crippen LogP contribution is -2.50. The van der Waals surface area contributed by atoms with Crippen LogP contribution in [0.1, 0.15) is 60.4 Å². The van der Waals surface area contributed by atoms with Gasteiger partial charge >= 0.3 is 11.8 Å². The van der Waals surface area contributed by atoms with E-state index in [-0.39, 0.29) is 32.8 Å². The monoisotopic (exact) mass is 751 g/mol. The number of benzene rings is 1. The molecule has 0 unspecified atom stereocenters. The third-order valence-electron chi connectivity index (χ3n) is 10.2. The molecule has 3 atom stereocenters. The minimum Gasteiger partial charge on any atom is -0.479 e. The number of imidazole rings is 1. The van der Waals surface area contributed by atoms with Crippen molar-refractivity contribution >= 4 is 46.5 Å². The SMILES string of the molecule is COc1nn(C)cc1-c1cc2c(ncc3c2n([C@H]2C[C@H](NC(=O)OC(C)(C)C)[C@H](O[Si](C)(C)C(C)(C)C)C2)c(=O)n3C)n1S(=O)(=O)c1ccccc1. The topological polar surface area (TPSA) is 154 Å². The number of rotatable bonds is 8. The van der Waals surface area contributed by atoms with Gasteiger partial charge in [-0.25, -0.2) is 27.0 Å². The maximum absolute atomic E-state index is 14.5. The Balaban J connectivity index is 1.57. The second-order valence-corrected chi connectivity index (χ2v) is 22.6. The highest BCUT2D eigenvalue weighted by atomic mass is 32.2. The fraction of sp³-hybridized carbons (Fsp3) is 0.500. The van der Waals surface area contributed by atoms with E-state index < -0.39 is 48.2 Å². The molecular weight excluding hydrogens is 703 g/mol. The molecule has 4 aromatic heterocycles. The average Bonchev–Trinajstić information content (AvgIpc) is 3.78. The first-order valence-electron chi connectivity index (χ1n) is 17.3. The van der Waals surface area contributed by atoms with Crippen LogP contribution in [0, 0.1) is 0 Å². The lowest BCUT2D eigenvalue weighted by Gasteiger charge is -2.40. The van der Waals surface area contributed by atoms with E-state index in [2.05, 4.69) is 49.3 Å². The van der Waals surface area contributed by atoms with Crippen molar-refractivity contribution in [3.63, 3.8) is 0 Å². The van der Waals surface area contributed by atoms with E-state index in [9.17, 15) is 18.0 Å². The molecule has 0 spiro atoms. The number of fused-ring (bicyclic) bond motifs is 3. The first-order chi connectivity index (χ1) is 24.1. The average molecular weight is 752 g/mol. The van der Waals surface area contributed by atoms with Crippen LogP contribution in [0.5, 0.6) is 5.88 Å². The maximum Gasteiger partial charge on any atom is 0.407 e. The number of hydrogen-bond acceptors (Lipinski definition) is 9. The second-order valence-electron chi connectivity index (χ2n) is 16.1. The number of methoxy groups -OCH3 is 1. The number of pyridine rings is 1. The van der Waals surface area contributed by atoms with Crippen LogP contribution in [-0.4, -0.2) is 75.6 Å². The Morgan fingerprint density at radius 1 is 1.04 bits per heavy atom. The van der Waals surface area contributed by atoms with Crippen molar-refractivity contribution < 1.29 is 27.1 Å². The van der Waals surface area contributed by atoms with E-state index in [1.807, 2.05) is 20.8 Å². The molecule has 0 radical (unpaired) electrons. The number of carbonyl (C=O) groups is 1. The Kier molecular flexibility index (Phi) is 9.27. The third-order valence-corrected chi connectivity index (χ3v) is 16.4. The highest BCUT2D eigenvalue weighted by Crippen LogP contribution is 2.43. The number of hydrogen-bond donors (Lipinski definition) is 1. The summed E-state index contributed by atoms with van der Waals surface area (Å²) >= 11 is 0. The summed E-state index contributed by atoms with van der Waals surface area (Å²) in [5.41, 5.74) is 0.918. The van der Waals surface area contributed by atoms with Gasteiger partial charge in [0.1, 0.15) is 5.60 Å². The molecule has 1 aliphatic carbocycles. The summed E-state index contributed by atoms with van der Waals surface area (Å²) in [5, 5.41) is 7.80. The first-order valence-corrected chi connectivity index (χ1v) is 21.7. The van der Waals surface area contributed by atoms with Crippen LogP contribution < -0.4 is 15.7 Å². The first kappa shape index (κ1) is 37.3. The van der Waals surface area contributed by atoms with Crippen LogP contribution in [-0.2, 0) is 33.3 Å². The van der Waals surface area contributed by atoms with Gasteiger partial charge in [-0.3, -0.25) is 13.8 Å². The summed E-state index contributed by atoms with van der Waals surface area (Å²) in [6.45, 7) is 16.2. The molecule has 1 N–H and O–H groups in total. The van der Waals surface area contributed by atoms with Crippen molar-refractivity contribution in [2.75, 3.05) is 7.11 Å². The van der Waals surface area contributed by atoms with E-state index in [0.29, 0.717) is 34.8 Å². The Bertz CT molecular complexity index is 2330. The standard InChI is InChI=1S/C36H49N7O7SSi/c1-35(2,3)49-33(44)38-26-17-22(18-29(26)50-52(10,11)36(4,5)6)42-30-24-19-27(25-21-40(7)39-32(25)48-9)43(51(46,47)23-15-13-12-14-16-23)31(24)37-20-28(30)41(8)34(42)45/h12-16,19-22,26,29H,17-18H2,1-11H3,(H,38,44)/t22-,26-,29+/m0/s1. The lowest BCUT2D eigenvalue weighted by atomic mass is 10.2. The van der Waals surface area contributed by atoms with E-state index in [0.717, 1.165) is 0 Å². The van der Waals surface area contributed by atoms with Gasteiger partial charge in [-0.15, -0.1) is 5.10 Å². The van der Waals surface area contributed by atoms with Crippen LogP contribution in [0.4, 0.5) is 4.79 Å².